The molecule has 0 spiro atoms. The highest BCUT2D eigenvalue weighted by Crippen LogP contribution is 2.38. The first-order valence-electron chi connectivity index (χ1n) is 28.8. The standard InChI is InChI=1S/C58H111N2O7P/c1-7-10-13-16-19-22-25-27-28-29-30-31-32-33-36-38-41-44-47-50-57(61)59-55(54-66-68(63,64)65-53-52-60(4,5)6)56(49-46-43-40-37-35-26-23-20-17-14-11-8-2)67-58(62)51-48-45-42-39-34-24-21-18-15-12-9-3/h19,22,27-28,46,49,55-56H,7-18,20-21,23-26,29-45,47-48,50-54H2,1-6H3,(H-,59,61,63,64)/b22-19-,28-27-,49-46-. The van der Waals surface area contributed by atoms with Crippen LogP contribution in [0.3, 0.4) is 0 Å². The Bertz CT molecular complexity index is 1270. The number of hydrogen-bond donors (Lipinski definition) is 1. The highest BCUT2D eigenvalue weighted by atomic mass is 31.2. The fourth-order valence-electron chi connectivity index (χ4n) is 8.32. The maximum absolute atomic E-state index is 13.5. The molecule has 400 valence electrons. The van der Waals surface area contributed by atoms with Crippen molar-refractivity contribution in [3.05, 3.63) is 36.5 Å². The van der Waals surface area contributed by atoms with E-state index in [0.29, 0.717) is 17.4 Å². The molecule has 0 saturated heterocycles. The fourth-order valence-corrected chi connectivity index (χ4v) is 9.04. The number of carbonyl (C=O) groups excluding carboxylic acids is 2. The van der Waals surface area contributed by atoms with Crippen LogP contribution in [-0.4, -0.2) is 69.4 Å². The zero-order chi connectivity index (χ0) is 50.1. The molecule has 0 heterocycles. The van der Waals surface area contributed by atoms with E-state index >= 15 is 0 Å². The van der Waals surface area contributed by atoms with Crippen LogP contribution >= 0.6 is 7.82 Å². The van der Waals surface area contributed by atoms with Crippen LogP contribution in [0.4, 0.5) is 0 Å². The zero-order valence-corrected chi connectivity index (χ0v) is 46.5. The van der Waals surface area contributed by atoms with Crippen LogP contribution in [0.1, 0.15) is 271 Å². The molecule has 0 aromatic carbocycles. The lowest BCUT2D eigenvalue weighted by atomic mass is 10.0. The van der Waals surface area contributed by atoms with Crippen molar-refractivity contribution in [2.75, 3.05) is 40.9 Å². The summed E-state index contributed by atoms with van der Waals surface area (Å²) in [5.74, 6) is -0.539. The zero-order valence-electron chi connectivity index (χ0n) is 45.6. The Morgan fingerprint density at radius 1 is 0.515 bits per heavy atom. The highest BCUT2D eigenvalue weighted by Gasteiger charge is 2.27. The molecular weight excluding hydrogens is 868 g/mol. The number of amides is 1. The van der Waals surface area contributed by atoms with Crippen molar-refractivity contribution >= 4 is 19.7 Å². The molecule has 0 saturated carbocycles. The first-order valence-corrected chi connectivity index (χ1v) is 30.3. The lowest BCUT2D eigenvalue weighted by Gasteiger charge is -2.30. The smallest absolute Gasteiger partial charge is 0.306 e. The Morgan fingerprint density at radius 3 is 1.35 bits per heavy atom. The summed E-state index contributed by atoms with van der Waals surface area (Å²) < 4.78 is 30.2. The SMILES string of the molecule is CCCCC/C=C\C/C=C\CCCCCCCCCCCC(=O)NC(COP(=O)([O-])OCC[N+](C)(C)C)C(/C=C\CCCCCCCCCCCC)OC(=O)CCCCCCCCCCCCC. The first kappa shape index (κ1) is 66.2. The number of hydrogen-bond acceptors (Lipinski definition) is 7. The van der Waals surface area contributed by atoms with Gasteiger partial charge in [0, 0.05) is 12.8 Å². The quantitative estimate of drug-likeness (QED) is 0.0212. The molecule has 1 N–H and O–H groups in total. The number of esters is 1. The molecule has 3 unspecified atom stereocenters. The second kappa shape index (κ2) is 48.8. The molecule has 9 nitrogen and oxygen atoms in total. The van der Waals surface area contributed by atoms with Crippen molar-refractivity contribution in [1.82, 2.24) is 5.32 Å². The predicted molar refractivity (Wildman–Crippen MR) is 289 cm³/mol. The number of nitrogens with zero attached hydrogens (tertiary/aromatic N) is 1. The number of nitrogens with one attached hydrogen (secondary N) is 1. The van der Waals surface area contributed by atoms with Gasteiger partial charge in [0.1, 0.15) is 19.3 Å². The summed E-state index contributed by atoms with van der Waals surface area (Å²) in [7, 11) is 1.19. The number of phosphoric ester groups is 1. The van der Waals surface area contributed by atoms with E-state index in [1.807, 2.05) is 33.3 Å². The van der Waals surface area contributed by atoms with Crippen molar-refractivity contribution in [1.29, 1.82) is 0 Å². The van der Waals surface area contributed by atoms with Crippen molar-refractivity contribution < 1.29 is 37.3 Å². The van der Waals surface area contributed by atoms with E-state index in [9.17, 15) is 19.0 Å². The topological polar surface area (TPSA) is 114 Å². The van der Waals surface area contributed by atoms with Gasteiger partial charge in [-0.2, -0.15) is 0 Å². The summed E-state index contributed by atoms with van der Waals surface area (Å²) in [5, 5.41) is 3.02. The van der Waals surface area contributed by atoms with Crippen LogP contribution in [-0.2, 0) is 27.9 Å². The van der Waals surface area contributed by atoms with Gasteiger partial charge in [0.05, 0.1) is 33.8 Å². The molecule has 0 aliphatic heterocycles. The van der Waals surface area contributed by atoms with Gasteiger partial charge in [-0.15, -0.1) is 0 Å². The molecule has 0 rings (SSSR count). The van der Waals surface area contributed by atoms with Gasteiger partial charge in [0.25, 0.3) is 7.82 Å². The molecule has 10 heteroatoms. The van der Waals surface area contributed by atoms with E-state index in [1.54, 1.807) is 0 Å². The minimum Gasteiger partial charge on any atom is -0.756 e. The third kappa shape index (κ3) is 49.2. The van der Waals surface area contributed by atoms with Crippen LogP contribution in [0.15, 0.2) is 36.5 Å². The average Bonchev–Trinajstić information content (AvgIpc) is 3.29. The van der Waals surface area contributed by atoms with E-state index in [1.165, 1.54) is 161 Å². The van der Waals surface area contributed by atoms with E-state index < -0.39 is 20.0 Å². The maximum Gasteiger partial charge on any atom is 0.306 e. The summed E-state index contributed by atoms with van der Waals surface area (Å²) in [6.45, 7) is 6.82. The van der Waals surface area contributed by atoms with Crippen molar-refractivity contribution in [2.24, 2.45) is 0 Å². The Balaban J connectivity index is 5.27. The summed E-state index contributed by atoms with van der Waals surface area (Å²) in [5.41, 5.74) is 0. The van der Waals surface area contributed by atoms with Crippen LogP contribution < -0.4 is 10.2 Å². The fraction of sp³-hybridized carbons (Fsp3) is 0.862. The largest absolute Gasteiger partial charge is 0.756 e. The average molecular weight is 980 g/mol. The van der Waals surface area contributed by atoms with Gasteiger partial charge in [-0.3, -0.25) is 14.2 Å². The molecule has 0 aliphatic rings. The summed E-state index contributed by atoms with van der Waals surface area (Å²) >= 11 is 0. The van der Waals surface area contributed by atoms with Gasteiger partial charge >= 0.3 is 5.97 Å². The Morgan fingerprint density at radius 2 is 0.897 bits per heavy atom. The number of unbranched alkanes of at least 4 members (excludes halogenated alkanes) is 32. The monoisotopic (exact) mass is 979 g/mol. The van der Waals surface area contributed by atoms with Gasteiger partial charge in [-0.25, -0.2) is 0 Å². The predicted octanol–water partition coefficient (Wildman–Crippen LogP) is 16.5. The van der Waals surface area contributed by atoms with E-state index in [-0.39, 0.29) is 31.5 Å². The number of likely N-dealkylation sites (N-methyl/N-ethyl adjacent to an activating group) is 1. The number of phosphoric acid groups is 1. The van der Waals surface area contributed by atoms with Crippen molar-refractivity contribution in [3.8, 4) is 0 Å². The first-order chi connectivity index (χ1) is 32.9. The Hall–Kier alpha value is -1.77. The minimum absolute atomic E-state index is 0.0212. The molecule has 68 heavy (non-hydrogen) atoms. The molecular formula is C58H111N2O7P. The molecule has 0 aliphatic carbocycles. The number of ether oxygens (including phenoxy) is 1. The third-order valence-corrected chi connectivity index (χ3v) is 13.8. The Kier molecular flexibility index (Phi) is 47.6. The normalized spacial score (nSPS) is 14.0. The number of rotatable bonds is 52. The lowest BCUT2D eigenvalue weighted by molar-refractivity contribution is -0.870. The van der Waals surface area contributed by atoms with Crippen molar-refractivity contribution in [3.63, 3.8) is 0 Å². The van der Waals surface area contributed by atoms with Gasteiger partial charge < -0.3 is 28.5 Å². The maximum atomic E-state index is 13.5. The molecule has 3 atom stereocenters. The van der Waals surface area contributed by atoms with E-state index in [4.69, 9.17) is 13.8 Å². The molecule has 0 aromatic rings. The van der Waals surface area contributed by atoms with Gasteiger partial charge in [-0.1, -0.05) is 231 Å². The molecule has 0 bridgehead atoms. The molecule has 0 fully saturated rings. The summed E-state index contributed by atoms with van der Waals surface area (Å²) in [6, 6.07) is -0.885. The van der Waals surface area contributed by atoms with E-state index in [0.717, 1.165) is 77.0 Å². The number of quaternary nitrogens is 1. The summed E-state index contributed by atoms with van der Waals surface area (Å²) in [6.07, 6.45) is 56.7. The Labute approximate surface area is 421 Å². The second-order valence-corrected chi connectivity index (χ2v) is 22.2. The molecule has 0 radical (unpaired) electrons. The molecule has 1 amide bonds. The van der Waals surface area contributed by atoms with Gasteiger partial charge in [0.2, 0.25) is 5.91 Å². The van der Waals surface area contributed by atoms with Gasteiger partial charge in [0.15, 0.2) is 0 Å². The van der Waals surface area contributed by atoms with Crippen molar-refractivity contribution in [2.45, 2.75) is 283 Å². The highest BCUT2D eigenvalue weighted by molar-refractivity contribution is 7.45. The van der Waals surface area contributed by atoms with Crippen LogP contribution in [0.25, 0.3) is 0 Å². The lowest BCUT2D eigenvalue weighted by Crippen LogP contribution is -2.47. The molecule has 0 aromatic heterocycles. The van der Waals surface area contributed by atoms with Crippen LogP contribution in [0, 0.1) is 0 Å². The van der Waals surface area contributed by atoms with Gasteiger partial charge in [-0.05, 0) is 63.9 Å². The third-order valence-electron chi connectivity index (χ3n) is 12.8. The summed E-state index contributed by atoms with van der Waals surface area (Å²) in [4.78, 5) is 39.8. The number of allylic oxidation sites excluding steroid dienone is 5. The van der Waals surface area contributed by atoms with Crippen LogP contribution in [0.2, 0.25) is 0 Å². The minimum atomic E-state index is -4.69. The number of carbonyl (C=O) groups is 2. The van der Waals surface area contributed by atoms with Crippen LogP contribution in [0.5, 0.6) is 0 Å². The second-order valence-electron chi connectivity index (χ2n) is 20.8. The van der Waals surface area contributed by atoms with E-state index in [2.05, 4.69) is 50.4 Å².